The molecule has 1 aromatic heterocycles. The zero-order valence-corrected chi connectivity index (χ0v) is 8.47. The van der Waals surface area contributed by atoms with Gasteiger partial charge in [0.15, 0.2) is 0 Å². The number of nitrogens with zero attached hydrogens (tertiary/aromatic N) is 2. The molecule has 2 rings (SSSR count). The van der Waals surface area contributed by atoms with Crippen LogP contribution in [0.3, 0.4) is 0 Å². The van der Waals surface area contributed by atoms with E-state index in [1.54, 1.807) is 12.4 Å². The molecule has 0 aromatic carbocycles. The van der Waals surface area contributed by atoms with Crippen LogP contribution in [0.2, 0.25) is 0 Å². The Balaban J connectivity index is 2.35. The first-order valence-corrected chi connectivity index (χ1v) is 5.16. The van der Waals surface area contributed by atoms with Crippen molar-refractivity contribution in [3.63, 3.8) is 0 Å². The lowest BCUT2D eigenvalue weighted by Gasteiger charge is -2.17. The Morgan fingerprint density at radius 3 is 3.00 bits per heavy atom. The van der Waals surface area contributed by atoms with Gasteiger partial charge in [0.25, 0.3) is 0 Å². The number of amides is 1. The summed E-state index contributed by atoms with van der Waals surface area (Å²) in [5.74, 6) is 0.521. The quantitative estimate of drug-likeness (QED) is 0.747. The number of hydrogen-bond acceptors (Lipinski definition) is 4. The molecule has 0 fully saturated rings. The van der Waals surface area contributed by atoms with Crippen molar-refractivity contribution in [1.82, 2.24) is 15.5 Å². The van der Waals surface area contributed by atoms with Gasteiger partial charge in [-0.15, -0.1) is 11.8 Å². The molecule has 1 N–H and O–H groups in total. The smallest absolute Gasteiger partial charge is 0.234 e. The fourth-order valence-electron chi connectivity index (χ4n) is 1.27. The van der Waals surface area contributed by atoms with Crippen LogP contribution in [0.25, 0.3) is 4.91 Å². The molecule has 0 atom stereocenters. The molecule has 0 bridgehead atoms. The molecule has 1 amide bonds. The van der Waals surface area contributed by atoms with Crippen LogP contribution in [-0.2, 0) is 4.79 Å². The zero-order valence-electron chi connectivity index (χ0n) is 7.65. The van der Waals surface area contributed by atoms with Gasteiger partial charge < -0.3 is 5.32 Å². The monoisotopic (exact) mass is 207 g/mol. The number of hydrogen-bond donors (Lipinski definition) is 1. The Labute approximate surface area is 85.8 Å². The summed E-state index contributed by atoms with van der Waals surface area (Å²) in [5, 5.41) is 10.3. The van der Waals surface area contributed by atoms with Gasteiger partial charge in [0.1, 0.15) is 0 Å². The topological polar surface area (TPSA) is 54.9 Å². The maximum Gasteiger partial charge on any atom is 0.234 e. The third kappa shape index (κ3) is 1.77. The van der Waals surface area contributed by atoms with E-state index in [1.165, 1.54) is 11.8 Å². The van der Waals surface area contributed by atoms with Crippen molar-refractivity contribution < 1.29 is 4.79 Å². The molecule has 14 heavy (non-hydrogen) atoms. The fourth-order valence-corrected chi connectivity index (χ4v) is 2.18. The van der Waals surface area contributed by atoms with Gasteiger partial charge in [-0.3, -0.25) is 4.79 Å². The number of carbonyl (C=O) groups is 1. The minimum absolute atomic E-state index is 0.0539. The fraction of sp³-hybridized carbons (Fsp3) is 0.222. The first-order valence-electron chi connectivity index (χ1n) is 4.18. The van der Waals surface area contributed by atoms with Crippen LogP contribution in [0, 0.1) is 0 Å². The van der Waals surface area contributed by atoms with Gasteiger partial charge in [-0.05, 0) is 13.0 Å². The SMILES string of the molecule is CC1=C(c2ccnnc2)SCC(=O)N1. The van der Waals surface area contributed by atoms with E-state index in [1.807, 2.05) is 13.0 Å². The van der Waals surface area contributed by atoms with Crippen LogP contribution in [-0.4, -0.2) is 21.9 Å². The first-order chi connectivity index (χ1) is 6.77. The van der Waals surface area contributed by atoms with E-state index in [-0.39, 0.29) is 5.91 Å². The van der Waals surface area contributed by atoms with Gasteiger partial charge in [0.05, 0.1) is 18.1 Å². The molecular formula is C9H9N3OS. The standard InChI is InChI=1S/C9H9N3OS/c1-6-9(14-5-8(13)12-6)7-2-3-10-11-4-7/h2-4H,5H2,1H3,(H,12,13). The van der Waals surface area contributed by atoms with Crippen LogP contribution >= 0.6 is 11.8 Å². The van der Waals surface area contributed by atoms with Crippen LogP contribution in [0.15, 0.2) is 24.2 Å². The molecule has 4 nitrogen and oxygen atoms in total. The largest absolute Gasteiger partial charge is 0.328 e. The minimum Gasteiger partial charge on any atom is -0.328 e. The average Bonchev–Trinajstić information content (AvgIpc) is 2.19. The van der Waals surface area contributed by atoms with E-state index in [9.17, 15) is 4.79 Å². The summed E-state index contributed by atoms with van der Waals surface area (Å²) < 4.78 is 0. The van der Waals surface area contributed by atoms with Gasteiger partial charge in [-0.2, -0.15) is 10.2 Å². The third-order valence-electron chi connectivity index (χ3n) is 1.86. The van der Waals surface area contributed by atoms with Crippen molar-refractivity contribution in [3.8, 4) is 0 Å². The molecule has 2 heterocycles. The summed E-state index contributed by atoms with van der Waals surface area (Å²) in [6.45, 7) is 1.89. The van der Waals surface area contributed by atoms with Crippen LogP contribution in [0.4, 0.5) is 0 Å². The number of carbonyl (C=O) groups excluding carboxylic acids is 1. The highest BCUT2D eigenvalue weighted by Crippen LogP contribution is 2.31. The summed E-state index contributed by atoms with van der Waals surface area (Å²) in [5.41, 5.74) is 1.89. The van der Waals surface area contributed by atoms with Crippen LogP contribution < -0.4 is 5.32 Å². The number of thioether (sulfide) groups is 1. The van der Waals surface area contributed by atoms with Crippen molar-refractivity contribution in [2.24, 2.45) is 0 Å². The summed E-state index contributed by atoms with van der Waals surface area (Å²) in [7, 11) is 0. The van der Waals surface area contributed by atoms with Crippen LogP contribution in [0.5, 0.6) is 0 Å². The van der Waals surface area contributed by atoms with Gasteiger partial charge in [0, 0.05) is 16.2 Å². The molecule has 1 aliphatic rings. The Bertz CT molecular complexity index is 388. The maximum absolute atomic E-state index is 11.1. The molecular weight excluding hydrogens is 198 g/mol. The van der Waals surface area contributed by atoms with Crippen molar-refractivity contribution in [2.75, 3.05) is 5.75 Å². The van der Waals surface area contributed by atoms with E-state index in [0.29, 0.717) is 5.75 Å². The second-order valence-electron chi connectivity index (χ2n) is 2.92. The zero-order chi connectivity index (χ0) is 9.97. The summed E-state index contributed by atoms with van der Waals surface area (Å²) in [4.78, 5) is 12.1. The van der Waals surface area contributed by atoms with Gasteiger partial charge in [-0.25, -0.2) is 0 Å². The predicted octanol–water partition coefficient (Wildman–Crippen LogP) is 1.03. The summed E-state index contributed by atoms with van der Waals surface area (Å²) in [6, 6.07) is 1.89. The van der Waals surface area contributed by atoms with Crippen molar-refractivity contribution >= 4 is 22.6 Å². The lowest BCUT2D eigenvalue weighted by atomic mass is 10.2. The summed E-state index contributed by atoms with van der Waals surface area (Å²) in [6.07, 6.45) is 3.34. The second kappa shape index (κ2) is 3.79. The average molecular weight is 207 g/mol. The number of allylic oxidation sites excluding steroid dienone is 1. The molecule has 0 saturated carbocycles. The Morgan fingerprint density at radius 2 is 2.36 bits per heavy atom. The lowest BCUT2D eigenvalue weighted by Crippen LogP contribution is -2.27. The molecule has 1 aliphatic heterocycles. The molecule has 0 saturated heterocycles. The maximum atomic E-state index is 11.1. The highest BCUT2D eigenvalue weighted by molar-refractivity contribution is 8.09. The molecule has 72 valence electrons. The Morgan fingerprint density at radius 1 is 1.50 bits per heavy atom. The van der Waals surface area contributed by atoms with Crippen molar-refractivity contribution in [3.05, 3.63) is 29.7 Å². The molecule has 0 spiro atoms. The highest BCUT2D eigenvalue weighted by atomic mass is 32.2. The molecule has 0 radical (unpaired) electrons. The van der Waals surface area contributed by atoms with Gasteiger partial charge >= 0.3 is 0 Å². The first kappa shape index (κ1) is 9.21. The molecule has 0 aliphatic carbocycles. The van der Waals surface area contributed by atoms with Gasteiger partial charge in [0.2, 0.25) is 5.91 Å². The normalized spacial score (nSPS) is 16.8. The minimum atomic E-state index is 0.0539. The molecule has 1 aromatic rings. The second-order valence-corrected chi connectivity index (χ2v) is 3.91. The predicted molar refractivity (Wildman–Crippen MR) is 55.2 cm³/mol. The molecule has 0 unspecified atom stereocenters. The van der Waals surface area contributed by atoms with E-state index in [4.69, 9.17) is 0 Å². The number of nitrogens with one attached hydrogen (secondary N) is 1. The lowest BCUT2D eigenvalue weighted by molar-refractivity contribution is -0.117. The Hall–Kier alpha value is -1.36. The summed E-state index contributed by atoms with van der Waals surface area (Å²) >= 11 is 1.53. The van der Waals surface area contributed by atoms with E-state index >= 15 is 0 Å². The highest BCUT2D eigenvalue weighted by Gasteiger charge is 2.16. The van der Waals surface area contributed by atoms with E-state index < -0.39 is 0 Å². The molecule has 5 heteroatoms. The van der Waals surface area contributed by atoms with E-state index in [2.05, 4.69) is 15.5 Å². The van der Waals surface area contributed by atoms with Gasteiger partial charge in [-0.1, -0.05) is 0 Å². The van der Waals surface area contributed by atoms with Crippen molar-refractivity contribution in [2.45, 2.75) is 6.92 Å². The number of rotatable bonds is 1. The van der Waals surface area contributed by atoms with Crippen LogP contribution in [0.1, 0.15) is 12.5 Å². The third-order valence-corrected chi connectivity index (χ3v) is 3.10. The van der Waals surface area contributed by atoms with Crippen molar-refractivity contribution in [1.29, 1.82) is 0 Å². The number of aromatic nitrogens is 2. The van der Waals surface area contributed by atoms with E-state index in [0.717, 1.165) is 16.2 Å². The Kier molecular flexibility index (Phi) is 2.49.